The van der Waals surface area contributed by atoms with Crippen molar-refractivity contribution in [1.82, 2.24) is 10.6 Å². The van der Waals surface area contributed by atoms with Crippen molar-refractivity contribution in [2.75, 3.05) is 6.61 Å². The first-order valence-corrected chi connectivity index (χ1v) is 7.07. The van der Waals surface area contributed by atoms with Crippen LogP contribution in [0.25, 0.3) is 0 Å². The molecular formula is C14H14Cl2N2O3. The number of nitrogens with one attached hydrogen (secondary N) is 2. The summed E-state index contributed by atoms with van der Waals surface area (Å²) in [5, 5.41) is 5.98. The Morgan fingerprint density at radius 3 is 2.76 bits per heavy atom. The molecule has 2 rings (SSSR count). The molecule has 1 aromatic rings. The SMILES string of the molecule is C=C1NC(=O)NC(c2ccc(Cl)cc2Cl)C1C(=O)OCC. The average molecular weight is 329 g/mol. The monoisotopic (exact) mass is 328 g/mol. The van der Waals surface area contributed by atoms with E-state index in [1.807, 2.05) is 0 Å². The number of ether oxygens (including phenoxy) is 1. The van der Waals surface area contributed by atoms with Gasteiger partial charge in [0.25, 0.3) is 0 Å². The molecule has 112 valence electrons. The molecule has 1 fully saturated rings. The van der Waals surface area contributed by atoms with Crippen molar-refractivity contribution in [3.8, 4) is 0 Å². The fourth-order valence-corrected chi connectivity index (χ4v) is 2.73. The Bertz CT molecular complexity index is 604. The minimum Gasteiger partial charge on any atom is -0.465 e. The molecule has 7 heteroatoms. The number of esters is 1. The molecule has 2 amide bonds. The van der Waals surface area contributed by atoms with E-state index in [4.69, 9.17) is 27.9 Å². The van der Waals surface area contributed by atoms with Crippen LogP contribution in [-0.2, 0) is 9.53 Å². The standard InChI is InChI=1S/C14H14Cl2N2O3/c1-3-21-13(19)11-7(2)17-14(20)18-12(11)9-5-4-8(15)6-10(9)16/h4-6,11-12H,2-3H2,1H3,(H2,17,18,20). The van der Waals surface area contributed by atoms with Gasteiger partial charge in [-0.15, -0.1) is 0 Å². The zero-order valence-electron chi connectivity index (χ0n) is 11.3. The molecule has 1 aliphatic heterocycles. The Balaban J connectivity index is 2.42. The van der Waals surface area contributed by atoms with Crippen LogP contribution >= 0.6 is 23.2 Å². The summed E-state index contributed by atoms with van der Waals surface area (Å²) in [6.45, 7) is 5.67. The Morgan fingerprint density at radius 2 is 2.14 bits per heavy atom. The van der Waals surface area contributed by atoms with Crippen molar-refractivity contribution in [3.63, 3.8) is 0 Å². The molecule has 1 saturated heterocycles. The molecule has 1 heterocycles. The van der Waals surface area contributed by atoms with Gasteiger partial charge in [-0.05, 0) is 24.6 Å². The molecule has 2 N–H and O–H groups in total. The molecule has 5 nitrogen and oxygen atoms in total. The van der Waals surface area contributed by atoms with Gasteiger partial charge in [-0.1, -0.05) is 35.8 Å². The number of carbonyl (C=O) groups excluding carboxylic acids is 2. The normalized spacial score (nSPS) is 21.5. The summed E-state index contributed by atoms with van der Waals surface area (Å²) in [6, 6.07) is 3.76. The molecule has 0 spiro atoms. The minimum atomic E-state index is -0.763. The maximum absolute atomic E-state index is 12.1. The molecule has 0 aromatic heterocycles. The number of urea groups is 1. The maximum Gasteiger partial charge on any atom is 0.319 e. The van der Waals surface area contributed by atoms with Gasteiger partial charge < -0.3 is 15.4 Å². The highest BCUT2D eigenvalue weighted by molar-refractivity contribution is 6.35. The third-order valence-corrected chi connectivity index (χ3v) is 3.67. The second-order valence-electron chi connectivity index (χ2n) is 4.50. The van der Waals surface area contributed by atoms with Gasteiger partial charge in [-0.3, -0.25) is 4.79 Å². The van der Waals surface area contributed by atoms with Gasteiger partial charge in [-0.25, -0.2) is 4.79 Å². The van der Waals surface area contributed by atoms with Crippen LogP contribution in [0.2, 0.25) is 10.0 Å². The molecule has 2 unspecified atom stereocenters. The first-order valence-electron chi connectivity index (χ1n) is 6.32. The second-order valence-corrected chi connectivity index (χ2v) is 5.34. The minimum absolute atomic E-state index is 0.234. The number of hydrogen-bond acceptors (Lipinski definition) is 3. The molecule has 1 aliphatic rings. The van der Waals surface area contributed by atoms with Crippen molar-refractivity contribution in [2.45, 2.75) is 13.0 Å². The fourth-order valence-electron chi connectivity index (χ4n) is 2.21. The molecule has 0 radical (unpaired) electrons. The van der Waals surface area contributed by atoms with Crippen LogP contribution in [0.5, 0.6) is 0 Å². The van der Waals surface area contributed by atoms with Gasteiger partial charge in [-0.2, -0.15) is 0 Å². The molecule has 0 bridgehead atoms. The van der Waals surface area contributed by atoms with E-state index in [-0.39, 0.29) is 12.3 Å². The van der Waals surface area contributed by atoms with E-state index in [1.54, 1.807) is 25.1 Å². The highest BCUT2D eigenvalue weighted by Crippen LogP contribution is 2.35. The van der Waals surface area contributed by atoms with E-state index < -0.39 is 24.0 Å². The lowest BCUT2D eigenvalue weighted by molar-refractivity contribution is -0.147. The predicted molar refractivity (Wildman–Crippen MR) is 80.1 cm³/mol. The maximum atomic E-state index is 12.1. The molecule has 1 aromatic carbocycles. The Labute approximate surface area is 132 Å². The Hall–Kier alpha value is -1.72. The number of hydrogen-bond donors (Lipinski definition) is 2. The highest BCUT2D eigenvalue weighted by atomic mass is 35.5. The van der Waals surface area contributed by atoms with E-state index in [1.165, 1.54) is 0 Å². The van der Waals surface area contributed by atoms with Crippen LogP contribution in [0, 0.1) is 5.92 Å². The van der Waals surface area contributed by atoms with Gasteiger partial charge in [0.1, 0.15) is 5.92 Å². The van der Waals surface area contributed by atoms with Crippen molar-refractivity contribution in [3.05, 3.63) is 46.1 Å². The first-order chi connectivity index (χ1) is 9.93. The third kappa shape index (κ3) is 3.31. The zero-order chi connectivity index (χ0) is 15.6. The second kappa shape index (κ2) is 6.37. The molecule has 0 saturated carbocycles. The summed E-state index contributed by atoms with van der Waals surface area (Å²) in [5.41, 5.74) is 0.850. The summed E-state index contributed by atoms with van der Waals surface area (Å²) >= 11 is 12.0. The van der Waals surface area contributed by atoms with Gasteiger partial charge in [0, 0.05) is 15.7 Å². The smallest absolute Gasteiger partial charge is 0.319 e. The van der Waals surface area contributed by atoms with E-state index in [2.05, 4.69) is 17.2 Å². The molecule has 21 heavy (non-hydrogen) atoms. The van der Waals surface area contributed by atoms with E-state index in [9.17, 15) is 9.59 Å². The van der Waals surface area contributed by atoms with E-state index in [0.29, 0.717) is 15.6 Å². The number of halogens is 2. The zero-order valence-corrected chi connectivity index (χ0v) is 12.8. The lowest BCUT2D eigenvalue weighted by atomic mass is 9.89. The summed E-state index contributed by atoms with van der Waals surface area (Å²) in [6.07, 6.45) is 0. The largest absolute Gasteiger partial charge is 0.465 e. The lowest BCUT2D eigenvalue weighted by Gasteiger charge is -2.33. The third-order valence-electron chi connectivity index (χ3n) is 3.11. The van der Waals surface area contributed by atoms with E-state index in [0.717, 1.165) is 0 Å². The van der Waals surface area contributed by atoms with Gasteiger partial charge in [0.2, 0.25) is 0 Å². The molecule has 2 atom stereocenters. The van der Waals surface area contributed by atoms with Crippen LogP contribution in [0.1, 0.15) is 18.5 Å². The summed E-state index contributed by atoms with van der Waals surface area (Å²) in [5.74, 6) is -1.24. The fraction of sp³-hybridized carbons (Fsp3) is 0.286. The van der Waals surface area contributed by atoms with Crippen molar-refractivity contribution >= 4 is 35.2 Å². The Kier molecular flexibility index (Phi) is 4.75. The summed E-state index contributed by atoms with van der Waals surface area (Å²) in [7, 11) is 0. The van der Waals surface area contributed by atoms with E-state index >= 15 is 0 Å². The number of rotatable bonds is 3. The first kappa shape index (κ1) is 15.7. The van der Waals surface area contributed by atoms with Crippen LogP contribution in [0.4, 0.5) is 4.79 Å². The van der Waals surface area contributed by atoms with Gasteiger partial charge in [0.15, 0.2) is 0 Å². The van der Waals surface area contributed by atoms with Gasteiger partial charge >= 0.3 is 12.0 Å². The number of carbonyl (C=O) groups is 2. The average Bonchev–Trinajstić information content (AvgIpc) is 2.37. The summed E-state index contributed by atoms with van der Waals surface area (Å²) < 4.78 is 5.04. The lowest BCUT2D eigenvalue weighted by Crippen LogP contribution is -2.51. The molecule has 0 aliphatic carbocycles. The van der Waals surface area contributed by atoms with Crippen LogP contribution in [0.3, 0.4) is 0 Å². The van der Waals surface area contributed by atoms with Crippen molar-refractivity contribution in [2.24, 2.45) is 5.92 Å². The summed E-state index contributed by atoms with van der Waals surface area (Å²) in [4.78, 5) is 23.8. The topological polar surface area (TPSA) is 67.4 Å². The van der Waals surface area contributed by atoms with Crippen molar-refractivity contribution in [1.29, 1.82) is 0 Å². The van der Waals surface area contributed by atoms with Crippen LogP contribution < -0.4 is 10.6 Å². The number of amides is 2. The highest BCUT2D eigenvalue weighted by Gasteiger charge is 2.39. The van der Waals surface area contributed by atoms with Crippen LogP contribution in [0.15, 0.2) is 30.5 Å². The Morgan fingerprint density at radius 1 is 1.43 bits per heavy atom. The predicted octanol–water partition coefficient (Wildman–Crippen LogP) is 3.04. The quantitative estimate of drug-likeness (QED) is 0.838. The van der Waals surface area contributed by atoms with Gasteiger partial charge in [0.05, 0.1) is 12.6 Å². The number of benzene rings is 1. The van der Waals surface area contributed by atoms with Crippen LogP contribution in [-0.4, -0.2) is 18.6 Å². The molecular weight excluding hydrogens is 315 g/mol. The van der Waals surface area contributed by atoms with Crippen molar-refractivity contribution < 1.29 is 14.3 Å².